The molecule has 8 nitrogen and oxygen atoms in total. The third-order valence-corrected chi connectivity index (χ3v) is 4.76. The third-order valence-electron chi connectivity index (χ3n) is 4.76. The number of quaternary nitrogens is 1. The Morgan fingerprint density at radius 3 is 2.57 bits per heavy atom. The van der Waals surface area contributed by atoms with Crippen LogP contribution in [0.1, 0.15) is 11.3 Å². The number of carbonyl (C=O) groups is 1. The van der Waals surface area contributed by atoms with Crippen molar-refractivity contribution in [3.63, 3.8) is 0 Å². The number of H-pyrrole nitrogens is 1. The van der Waals surface area contributed by atoms with E-state index in [2.05, 4.69) is 20.3 Å². The first-order chi connectivity index (χ1) is 16.5. The van der Waals surface area contributed by atoms with E-state index in [0.29, 0.717) is 23.5 Å². The number of nitrogens with two attached hydrogens (primary N) is 1. The lowest BCUT2D eigenvalue weighted by atomic mass is 10.2. The van der Waals surface area contributed by atoms with Crippen molar-refractivity contribution in [2.24, 2.45) is 0 Å². The number of alkyl halides is 3. The van der Waals surface area contributed by atoms with Crippen molar-refractivity contribution < 1.29 is 36.8 Å². The predicted molar refractivity (Wildman–Crippen MR) is 113 cm³/mol. The lowest BCUT2D eigenvalue weighted by Crippen LogP contribution is -2.84. The summed E-state index contributed by atoms with van der Waals surface area (Å²) in [6.45, 7) is 1.49. The molecule has 4 aromatic rings. The van der Waals surface area contributed by atoms with E-state index in [9.17, 15) is 31.5 Å². The van der Waals surface area contributed by atoms with Gasteiger partial charge in [0.15, 0.2) is 28.7 Å². The molecule has 2 aromatic carbocycles. The van der Waals surface area contributed by atoms with Crippen LogP contribution < -0.4 is 20.9 Å². The fraction of sp³-hybridized carbons (Fsp3) is 0.0909. The van der Waals surface area contributed by atoms with E-state index in [-0.39, 0.29) is 34.0 Å². The highest BCUT2D eigenvalue weighted by molar-refractivity contribution is 5.83. The van der Waals surface area contributed by atoms with Gasteiger partial charge >= 0.3 is 12.2 Å². The maximum absolute atomic E-state index is 14.6. The van der Waals surface area contributed by atoms with Crippen LogP contribution in [0.3, 0.4) is 0 Å². The first-order valence-corrected chi connectivity index (χ1v) is 9.87. The second kappa shape index (κ2) is 9.10. The third kappa shape index (κ3) is 5.24. The summed E-state index contributed by atoms with van der Waals surface area (Å²) in [7, 11) is 0. The minimum atomic E-state index is -4.72. The fourth-order valence-electron chi connectivity index (χ4n) is 3.06. The number of halogens is 5. The van der Waals surface area contributed by atoms with Crippen molar-refractivity contribution in [1.82, 2.24) is 15.0 Å². The van der Waals surface area contributed by atoms with Gasteiger partial charge in [-0.1, -0.05) is 0 Å². The van der Waals surface area contributed by atoms with Gasteiger partial charge in [-0.05, 0) is 31.2 Å². The molecular weight excluding hydrogens is 477 g/mol. The molecular formula is C22H15F5N5O3+. The van der Waals surface area contributed by atoms with Gasteiger partial charge in [0.05, 0.1) is 11.3 Å². The van der Waals surface area contributed by atoms with E-state index in [0.717, 1.165) is 12.1 Å². The molecule has 0 radical (unpaired) electrons. The molecule has 4 N–H and O–H groups in total. The summed E-state index contributed by atoms with van der Waals surface area (Å²) in [5.74, 6) is -1.78. The van der Waals surface area contributed by atoms with Crippen molar-refractivity contribution in [1.29, 1.82) is 0 Å². The summed E-state index contributed by atoms with van der Waals surface area (Å²) in [6, 6.07) is 5.44. The van der Waals surface area contributed by atoms with Gasteiger partial charge < -0.3 is 9.72 Å². The Bertz CT molecular complexity index is 1500. The summed E-state index contributed by atoms with van der Waals surface area (Å²) in [6.07, 6.45) is -3.36. The highest BCUT2D eigenvalue weighted by Crippen LogP contribution is 2.31. The van der Waals surface area contributed by atoms with Crippen LogP contribution in [0.2, 0.25) is 0 Å². The number of anilines is 1. The zero-order valence-electron chi connectivity index (χ0n) is 17.7. The van der Waals surface area contributed by atoms with Gasteiger partial charge in [-0.15, -0.1) is 0 Å². The van der Waals surface area contributed by atoms with Crippen molar-refractivity contribution in [3.05, 3.63) is 81.9 Å². The monoisotopic (exact) mass is 492 g/mol. The number of hydrogen-bond acceptors (Lipinski definition) is 5. The second-order valence-electron chi connectivity index (χ2n) is 7.27. The maximum Gasteiger partial charge on any atom is 0.422 e. The Morgan fingerprint density at radius 1 is 1.09 bits per heavy atom. The van der Waals surface area contributed by atoms with Gasteiger partial charge in [-0.25, -0.2) is 28.9 Å². The average molecular weight is 492 g/mol. The number of nitrogens with zero attached hydrogens (tertiary/aromatic N) is 2. The van der Waals surface area contributed by atoms with Gasteiger partial charge in [0, 0.05) is 24.4 Å². The number of fused-ring (bicyclic) bond motifs is 1. The quantitative estimate of drug-likeness (QED) is 0.293. The van der Waals surface area contributed by atoms with E-state index < -0.39 is 40.7 Å². The smallest absolute Gasteiger partial charge is 0.422 e. The highest BCUT2D eigenvalue weighted by Gasteiger charge is 2.32. The molecule has 180 valence electrons. The molecule has 0 aliphatic rings. The molecule has 0 atom stereocenters. The van der Waals surface area contributed by atoms with Crippen LogP contribution in [0.25, 0.3) is 11.2 Å². The molecule has 2 amide bonds. The number of aromatic nitrogens is 3. The first-order valence-electron chi connectivity index (χ1n) is 9.87. The predicted octanol–water partition coefficient (Wildman–Crippen LogP) is 4.14. The minimum absolute atomic E-state index is 0.0200. The Kier molecular flexibility index (Phi) is 6.18. The molecule has 2 heterocycles. The van der Waals surface area contributed by atoms with Crippen molar-refractivity contribution >= 4 is 28.6 Å². The molecule has 2 aromatic heterocycles. The average Bonchev–Trinajstić information content (AvgIpc) is 2.78. The summed E-state index contributed by atoms with van der Waals surface area (Å²) in [5, 5.41) is 2.73. The molecule has 0 unspecified atom stereocenters. The first kappa shape index (κ1) is 23.8. The van der Waals surface area contributed by atoms with Crippen LogP contribution in [-0.2, 0) is 6.18 Å². The van der Waals surface area contributed by atoms with Crippen LogP contribution in [-0.4, -0.2) is 21.0 Å². The number of hydrogen-bond donors (Lipinski definition) is 3. The molecule has 0 saturated heterocycles. The zero-order valence-corrected chi connectivity index (χ0v) is 17.7. The Morgan fingerprint density at radius 2 is 1.86 bits per heavy atom. The summed E-state index contributed by atoms with van der Waals surface area (Å²) in [4.78, 5) is 34.6. The SMILES string of the molecule is Cc1nc2c(Oc3ccc(NC(=O)[NH2+]c4cc(C(F)(F)F)ccc4F)c(F)c3)ccnc2[nH]c1=O. The number of pyridine rings is 1. The van der Waals surface area contributed by atoms with Gasteiger partial charge in [0.2, 0.25) is 0 Å². The van der Waals surface area contributed by atoms with Crippen molar-refractivity contribution in [2.75, 3.05) is 5.32 Å². The van der Waals surface area contributed by atoms with E-state index >= 15 is 0 Å². The number of benzene rings is 2. The standard InChI is InChI=1S/C22H14F5N5O3/c1-10-20(33)32-19-18(29-10)17(6-7-28-19)35-12-3-5-15(14(24)9-12)30-21(34)31-16-8-11(22(25,26)27)2-4-13(16)23/h2-9H,1H3,(H,28,32,33)(H2,30,31,34)/p+1. The number of ether oxygens (including phenoxy) is 1. The Hall–Kier alpha value is -4.39. The van der Waals surface area contributed by atoms with Crippen molar-refractivity contribution in [2.45, 2.75) is 13.1 Å². The largest absolute Gasteiger partial charge is 0.455 e. The molecule has 0 bridgehead atoms. The maximum atomic E-state index is 14.6. The number of urea groups is 1. The van der Waals surface area contributed by atoms with E-state index in [1.807, 2.05) is 0 Å². The number of rotatable bonds is 4. The lowest BCUT2D eigenvalue weighted by Gasteiger charge is -2.10. The van der Waals surface area contributed by atoms with Crippen LogP contribution in [0.15, 0.2) is 53.5 Å². The molecule has 0 saturated carbocycles. The van der Waals surface area contributed by atoms with E-state index in [4.69, 9.17) is 4.74 Å². The molecule has 0 spiro atoms. The normalized spacial score (nSPS) is 11.5. The van der Waals surface area contributed by atoms with Crippen LogP contribution >= 0.6 is 0 Å². The summed E-state index contributed by atoms with van der Waals surface area (Å²) < 4.78 is 72.6. The number of nitrogens with one attached hydrogen (secondary N) is 2. The van der Waals surface area contributed by atoms with Gasteiger partial charge in [0.1, 0.15) is 17.0 Å². The van der Waals surface area contributed by atoms with E-state index in [1.54, 1.807) is 0 Å². The van der Waals surface area contributed by atoms with Crippen molar-refractivity contribution in [3.8, 4) is 11.5 Å². The molecule has 0 fully saturated rings. The topological polar surface area (TPSA) is 114 Å². The number of amides is 2. The summed E-state index contributed by atoms with van der Waals surface area (Å²) in [5.41, 5.74) is -1.90. The van der Waals surface area contributed by atoms with Crippen LogP contribution in [0.5, 0.6) is 11.5 Å². The molecule has 4 rings (SSSR count). The van der Waals surface area contributed by atoms with Crippen LogP contribution in [0, 0.1) is 18.6 Å². The molecule has 0 aliphatic heterocycles. The highest BCUT2D eigenvalue weighted by atomic mass is 19.4. The number of aryl methyl sites for hydroxylation is 1. The van der Waals surface area contributed by atoms with Gasteiger partial charge in [-0.2, -0.15) is 13.2 Å². The zero-order chi connectivity index (χ0) is 25.3. The second-order valence-corrected chi connectivity index (χ2v) is 7.27. The van der Waals surface area contributed by atoms with Crippen LogP contribution in [0.4, 0.5) is 38.1 Å². The number of aromatic amines is 1. The number of carbonyl (C=O) groups excluding carboxylic acids is 1. The fourth-order valence-corrected chi connectivity index (χ4v) is 3.06. The van der Waals surface area contributed by atoms with E-state index in [1.165, 1.54) is 25.3 Å². The lowest BCUT2D eigenvalue weighted by molar-refractivity contribution is -0.461. The Labute approximate surface area is 192 Å². The minimum Gasteiger partial charge on any atom is -0.455 e. The van der Waals surface area contributed by atoms with Gasteiger partial charge in [-0.3, -0.25) is 10.1 Å². The molecule has 35 heavy (non-hydrogen) atoms. The van der Waals surface area contributed by atoms with Gasteiger partial charge in [0.25, 0.3) is 5.56 Å². The Balaban J connectivity index is 1.51. The summed E-state index contributed by atoms with van der Waals surface area (Å²) >= 11 is 0. The molecule has 13 heteroatoms. The number of primary amides is 1. The molecule has 0 aliphatic carbocycles.